The molecule has 1 aromatic carbocycles. The Hall–Kier alpha value is -1.88. The quantitative estimate of drug-likeness (QED) is 0.717. The van der Waals surface area contributed by atoms with Gasteiger partial charge < -0.3 is 10.8 Å². The highest BCUT2D eigenvalue weighted by Crippen LogP contribution is 2.15. The second kappa shape index (κ2) is 7.05. The molecule has 0 aromatic heterocycles. The van der Waals surface area contributed by atoms with Gasteiger partial charge in [-0.25, -0.2) is 8.42 Å². The predicted octanol–water partition coefficient (Wildman–Crippen LogP) is -0.474. The molecule has 0 spiro atoms. The molecule has 0 atom stereocenters. The molecule has 0 radical (unpaired) electrons. The third-order valence-corrected chi connectivity index (χ3v) is 4.42. The minimum atomic E-state index is -3.75. The molecular formula is C13H16N2O4S. The number of hydrogen-bond donors (Lipinski definition) is 2. The largest absolute Gasteiger partial charge is 0.384 e. The molecule has 0 fully saturated rings. The standard InChI is InChI=1S/C13H16N2O4S/c1-2-15(10-13(14)17)20(18,19)12-7-5-11(6-8-12)4-3-9-16/h5-8,16H,2,9-10H2,1H3,(H2,14,17). The Bertz CT molecular complexity index is 627. The van der Waals surface area contributed by atoms with Gasteiger partial charge in [-0.2, -0.15) is 4.31 Å². The zero-order valence-electron chi connectivity index (χ0n) is 11.0. The second-order valence-corrected chi connectivity index (χ2v) is 5.82. The molecule has 1 rings (SSSR count). The van der Waals surface area contributed by atoms with Gasteiger partial charge in [-0.05, 0) is 24.3 Å². The molecule has 1 amide bonds. The summed E-state index contributed by atoms with van der Waals surface area (Å²) in [5.74, 6) is 4.43. The summed E-state index contributed by atoms with van der Waals surface area (Å²) in [5, 5.41) is 8.58. The molecule has 3 N–H and O–H groups in total. The van der Waals surface area contributed by atoms with Crippen molar-refractivity contribution < 1.29 is 18.3 Å². The van der Waals surface area contributed by atoms with Crippen LogP contribution in [0.15, 0.2) is 29.2 Å². The van der Waals surface area contributed by atoms with Gasteiger partial charge >= 0.3 is 0 Å². The minimum absolute atomic E-state index is 0.0650. The van der Waals surface area contributed by atoms with E-state index in [1.54, 1.807) is 6.92 Å². The smallest absolute Gasteiger partial charge is 0.243 e. The number of nitrogens with zero attached hydrogens (tertiary/aromatic N) is 1. The van der Waals surface area contributed by atoms with Crippen molar-refractivity contribution in [2.24, 2.45) is 5.73 Å². The molecule has 6 nitrogen and oxygen atoms in total. The molecule has 0 aliphatic rings. The molecule has 108 valence electrons. The van der Waals surface area contributed by atoms with Crippen LogP contribution in [0, 0.1) is 11.8 Å². The van der Waals surface area contributed by atoms with Gasteiger partial charge in [0.15, 0.2) is 0 Å². The summed E-state index contributed by atoms with van der Waals surface area (Å²) in [7, 11) is -3.75. The molecule has 1 aromatic rings. The number of likely N-dealkylation sites (N-methyl/N-ethyl adjacent to an activating group) is 1. The average molecular weight is 296 g/mol. The Labute approximate surface area is 118 Å². The molecule has 0 aliphatic heterocycles. The van der Waals surface area contributed by atoms with Gasteiger partial charge in [0.2, 0.25) is 15.9 Å². The number of primary amides is 1. The monoisotopic (exact) mass is 296 g/mol. The Morgan fingerprint density at radius 1 is 1.35 bits per heavy atom. The van der Waals surface area contributed by atoms with Gasteiger partial charge in [-0.1, -0.05) is 18.8 Å². The van der Waals surface area contributed by atoms with Gasteiger partial charge in [0.05, 0.1) is 11.4 Å². The van der Waals surface area contributed by atoms with Gasteiger partial charge in [-0.15, -0.1) is 0 Å². The predicted molar refractivity (Wildman–Crippen MR) is 74.0 cm³/mol. The van der Waals surface area contributed by atoms with Crippen molar-refractivity contribution in [3.8, 4) is 11.8 Å². The van der Waals surface area contributed by atoms with Crippen LogP contribution < -0.4 is 5.73 Å². The number of hydrogen-bond acceptors (Lipinski definition) is 4. The van der Waals surface area contributed by atoms with E-state index in [0.717, 1.165) is 4.31 Å². The molecule has 0 unspecified atom stereocenters. The number of aliphatic hydroxyl groups excluding tert-OH is 1. The Morgan fingerprint density at radius 3 is 2.40 bits per heavy atom. The molecule has 0 saturated heterocycles. The van der Waals surface area contributed by atoms with Crippen LogP contribution >= 0.6 is 0 Å². The van der Waals surface area contributed by atoms with E-state index < -0.39 is 15.9 Å². The Morgan fingerprint density at radius 2 is 1.95 bits per heavy atom. The van der Waals surface area contributed by atoms with Crippen molar-refractivity contribution in [1.29, 1.82) is 0 Å². The lowest BCUT2D eigenvalue weighted by Gasteiger charge is -2.18. The van der Waals surface area contributed by atoms with Crippen LogP contribution in [0.2, 0.25) is 0 Å². The summed E-state index contributed by atoms with van der Waals surface area (Å²) in [5.41, 5.74) is 5.63. The van der Waals surface area contributed by atoms with E-state index in [1.165, 1.54) is 24.3 Å². The lowest BCUT2D eigenvalue weighted by Crippen LogP contribution is -2.38. The summed E-state index contributed by atoms with van der Waals surface area (Å²) in [6, 6.07) is 5.88. The van der Waals surface area contributed by atoms with E-state index in [4.69, 9.17) is 10.8 Å². The average Bonchev–Trinajstić information content (AvgIpc) is 2.42. The third-order valence-electron chi connectivity index (χ3n) is 2.49. The highest BCUT2D eigenvalue weighted by atomic mass is 32.2. The molecule has 20 heavy (non-hydrogen) atoms. The molecule has 0 heterocycles. The first-order valence-corrected chi connectivity index (χ1v) is 7.34. The summed E-state index contributed by atoms with van der Waals surface area (Å²) in [6.07, 6.45) is 0. The fourth-order valence-corrected chi connectivity index (χ4v) is 2.96. The van der Waals surface area contributed by atoms with Crippen molar-refractivity contribution >= 4 is 15.9 Å². The van der Waals surface area contributed by atoms with Crippen LogP contribution in [0.25, 0.3) is 0 Å². The number of carbonyl (C=O) groups is 1. The topological polar surface area (TPSA) is 101 Å². The van der Waals surface area contributed by atoms with E-state index >= 15 is 0 Å². The normalized spacial score (nSPS) is 10.9. The maximum absolute atomic E-state index is 12.3. The van der Waals surface area contributed by atoms with Gasteiger partial charge in [-0.3, -0.25) is 4.79 Å². The number of amides is 1. The van der Waals surface area contributed by atoms with Crippen LogP contribution in [0.1, 0.15) is 12.5 Å². The molecule has 0 aliphatic carbocycles. The summed E-state index contributed by atoms with van der Waals surface area (Å²) in [4.78, 5) is 11.0. The number of sulfonamides is 1. The van der Waals surface area contributed by atoms with E-state index in [9.17, 15) is 13.2 Å². The van der Waals surface area contributed by atoms with Crippen LogP contribution in [0.4, 0.5) is 0 Å². The Balaban J connectivity index is 3.05. The van der Waals surface area contributed by atoms with Crippen molar-refractivity contribution in [1.82, 2.24) is 4.31 Å². The number of benzene rings is 1. The second-order valence-electron chi connectivity index (χ2n) is 3.88. The lowest BCUT2D eigenvalue weighted by molar-refractivity contribution is -0.118. The van der Waals surface area contributed by atoms with E-state index in [0.29, 0.717) is 5.56 Å². The first kappa shape index (κ1) is 16.2. The zero-order valence-corrected chi connectivity index (χ0v) is 11.9. The minimum Gasteiger partial charge on any atom is -0.384 e. The number of nitrogens with two attached hydrogens (primary N) is 1. The summed E-state index contributed by atoms with van der Waals surface area (Å²) >= 11 is 0. The first-order valence-electron chi connectivity index (χ1n) is 5.90. The molecular weight excluding hydrogens is 280 g/mol. The summed E-state index contributed by atoms with van der Waals surface area (Å²) in [6.45, 7) is 1.16. The number of rotatable bonds is 5. The highest BCUT2D eigenvalue weighted by molar-refractivity contribution is 7.89. The van der Waals surface area contributed by atoms with Gasteiger partial charge in [0.25, 0.3) is 0 Å². The summed E-state index contributed by atoms with van der Waals surface area (Å²) < 4.78 is 25.5. The first-order chi connectivity index (χ1) is 9.41. The van der Waals surface area contributed by atoms with Crippen LogP contribution in [-0.4, -0.2) is 43.4 Å². The van der Waals surface area contributed by atoms with E-state index in [1.807, 2.05) is 0 Å². The van der Waals surface area contributed by atoms with Gasteiger partial charge in [0.1, 0.15) is 6.61 Å². The van der Waals surface area contributed by atoms with Crippen LogP contribution in [0.3, 0.4) is 0 Å². The van der Waals surface area contributed by atoms with Crippen molar-refractivity contribution in [3.63, 3.8) is 0 Å². The fraction of sp³-hybridized carbons (Fsp3) is 0.308. The lowest BCUT2D eigenvalue weighted by atomic mass is 10.2. The van der Waals surface area contributed by atoms with E-state index in [2.05, 4.69) is 11.8 Å². The third kappa shape index (κ3) is 4.06. The molecule has 0 bridgehead atoms. The maximum Gasteiger partial charge on any atom is 0.243 e. The maximum atomic E-state index is 12.3. The van der Waals surface area contributed by atoms with Crippen molar-refractivity contribution in [2.75, 3.05) is 19.7 Å². The van der Waals surface area contributed by atoms with Crippen molar-refractivity contribution in [2.45, 2.75) is 11.8 Å². The number of aliphatic hydroxyl groups is 1. The van der Waals surface area contributed by atoms with Crippen molar-refractivity contribution in [3.05, 3.63) is 29.8 Å². The van der Waals surface area contributed by atoms with E-state index in [-0.39, 0.29) is 24.6 Å². The Kier molecular flexibility index (Phi) is 5.70. The SMILES string of the molecule is CCN(CC(N)=O)S(=O)(=O)c1ccc(C#CCO)cc1. The molecule has 7 heteroatoms. The van der Waals surface area contributed by atoms with Gasteiger partial charge in [0, 0.05) is 12.1 Å². The van der Waals surface area contributed by atoms with Crippen LogP contribution in [0.5, 0.6) is 0 Å². The zero-order chi connectivity index (χ0) is 15.2. The van der Waals surface area contributed by atoms with Crippen LogP contribution in [-0.2, 0) is 14.8 Å². The molecule has 0 saturated carbocycles. The fourth-order valence-electron chi connectivity index (χ4n) is 1.54. The number of carbonyl (C=O) groups excluding carboxylic acids is 1. The highest BCUT2D eigenvalue weighted by Gasteiger charge is 2.24.